The Labute approximate surface area is 120 Å². The Morgan fingerprint density at radius 3 is 2.81 bits per heavy atom. The van der Waals surface area contributed by atoms with E-state index < -0.39 is 12.1 Å². The maximum atomic E-state index is 12.1. The SMILES string of the molecule is COc1ccc2c(c1)/C(=C\CNC(=O)C(F)(F)F)CCC2. The van der Waals surface area contributed by atoms with Crippen LogP contribution in [0.5, 0.6) is 5.75 Å². The minimum Gasteiger partial charge on any atom is -0.497 e. The Morgan fingerprint density at radius 1 is 1.38 bits per heavy atom. The summed E-state index contributed by atoms with van der Waals surface area (Å²) in [6.45, 7) is -0.135. The van der Waals surface area contributed by atoms with Crippen LogP contribution in [0.25, 0.3) is 5.57 Å². The number of amides is 1. The van der Waals surface area contributed by atoms with Gasteiger partial charge in [-0.3, -0.25) is 4.79 Å². The zero-order valence-electron chi connectivity index (χ0n) is 11.6. The third kappa shape index (κ3) is 3.77. The fraction of sp³-hybridized carbons (Fsp3) is 0.400. The van der Waals surface area contributed by atoms with Crippen LogP contribution in [-0.4, -0.2) is 25.7 Å². The molecule has 0 heterocycles. The maximum absolute atomic E-state index is 12.1. The van der Waals surface area contributed by atoms with Crippen molar-refractivity contribution in [3.8, 4) is 5.75 Å². The van der Waals surface area contributed by atoms with Gasteiger partial charge in [0.25, 0.3) is 0 Å². The van der Waals surface area contributed by atoms with Crippen LogP contribution in [0.3, 0.4) is 0 Å². The molecular weight excluding hydrogens is 283 g/mol. The van der Waals surface area contributed by atoms with E-state index >= 15 is 0 Å². The molecule has 1 aliphatic rings. The van der Waals surface area contributed by atoms with Crippen molar-refractivity contribution < 1.29 is 22.7 Å². The molecule has 0 fully saturated rings. The molecule has 6 heteroatoms. The van der Waals surface area contributed by atoms with Gasteiger partial charge in [0, 0.05) is 6.54 Å². The molecule has 0 radical (unpaired) electrons. The van der Waals surface area contributed by atoms with Crippen molar-refractivity contribution in [2.24, 2.45) is 0 Å². The van der Waals surface area contributed by atoms with Gasteiger partial charge in [0.15, 0.2) is 0 Å². The predicted molar refractivity (Wildman–Crippen MR) is 73.0 cm³/mol. The molecule has 0 bridgehead atoms. The third-order valence-electron chi connectivity index (χ3n) is 3.42. The lowest BCUT2D eigenvalue weighted by atomic mass is 9.87. The zero-order chi connectivity index (χ0) is 15.5. The summed E-state index contributed by atoms with van der Waals surface area (Å²) in [5.74, 6) is -1.21. The van der Waals surface area contributed by atoms with Crippen LogP contribution in [0.2, 0.25) is 0 Å². The predicted octanol–water partition coefficient (Wildman–Crippen LogP) is 3.09. The zero-order valence-corrected chi connectivity index (χ0v) is 11.6. The van der Waals surface area contributed by atoms with E-state index in [0.717, 1.165) is 36.0 Å². The first-order chi connectivity index (χ1) is 9.91. The quantitative estimate of drug-likeness (QED) is 0.931. The number of carbonyl (C=O) groups excluding carboxylic acids is 1. The van der Waals surface area contributed by atoms with Crippen molar-refractivity contribution in [3.05, 3.63) is 35.4 Å². The standard InChI is InChI=1S/C15H16F3NO2/c1-21-12-6-5-10-3-2-4-11(13(10)9-12)7-8-19-14(20)15(16,17)18/h5-7,9H,2-4,8H2,1H3,(H,19,20)/b11-7-. The fourth-order valence-corrected chi connectivity index (χ4v) is 2.38. The topological polar surface area (TPSA) is 38.3 Å². The van der Waals surface area contributed by atoms with Crippen LogP contribution in [0.15, 0.2) is 24.3 Å². The highest BCUT2D eigenvalue weighted by Gasteiger charge is 2.38. The van der Waals surface area contributed by atoms with Crippen molar-refractivity contribution in [1.82, 2.24) is 5.32 Å². The van der Waals surface area contributed by atoms with E-state index in [1.807, 2.05) is 23.5 Å². The minimum absolute atomic E-state index is 0.135. The highest BCUT2D eigenvalue weighted by atomic mass is 19.4. The van der Waals surface area contributed by atoms with Crippen LogP contribution in [-0.2, 0) is 11.2 Å². The Morgan fingerprint density at radius 2 is 2.14 bits per heavy atom. The largest absolute Gasteiger partial charge is 0.497 e. The molecule has 1 aliphatic carbocycles. The van der Waals surface area contributed by atoms with E-state index in [4.69, 9.17) is 4.74 Å². The molecule has 114 valence electrons. The number of alkyl halides is 3. The molecule has 2 rings (SSSR count). The molecule has 0 aliphatic heterocycles. The minimum atomic E-state index is -4.84. The van der Waals surface area contributed by atoms with Gasteiger partial charge in [-0.05, 0) is 48.1 Å². The van der Waals surface area contributed by atoms with E-state index in [0.29, 0.717) is 5.75 Å². The van der Waals surface area contributed by atoms with Crippen molar-refractivity contribution in [1.29, 1.82) is 0 Å². The Kier molecular flexibility index (Phi) is 4.55. The van der Waals surface area contributed by atoms with Gasteiger partial charge in [0.2, 0.25) is 0 Å². The van der Waals surface area contributed by atoms with Crippen molar-refractivity contribution in [3.63, 3.8) is 0 Å². The molecular formula is C15H16F3NO2. The van der Waals surface area contributed by atoms with Crippen LogP contribution in [0.4, 0.5) is 13.2 Å². The first-order valence-corrected chi connectivity index (χ1v) is 6.63. The smallest absolute Gasteiger partial charge is 0.471 e. The number of nitrogens with one attached hydrogen (secondary N) is 1. The first kappa shape index (κ1) is 15.4. The summed E-state index contributed by atoms with van der Waals surface area (Å²) in [6.07, 6.45) is -0.542. The highest BCUT2D eigenvalue weighted by Crippen LogP contribution is 2.33. The van der Waals surface area contributed by atoms with Gasteiger partial charge in [-0.1, -0.05) is 12.1 Å². The molecule has 0 aromatic heterocycles. The summed E-state index contributed by atoms with van der Waals surface area (Å²) in [7, 11) is 1.57. The van der Waals surface area contributed by atoms with Gasteiger partial charge < -0.3 is 10.1 Å². The van der Waals surface area contributed by atoms with Crippen LogP contribution in [0, 0.1) is 0 Å². The van der Waals surface area contributed by atoms with Crippen LogP contribution >= 0.6 is 0 Å². The second-order valence-corrected chi connectivity index (χ2v) is 4.81. The average Bonchev–Trinajstić information content (AvgIpc) is 2.45. The van der Waals surface area contributed by atoms with Gasteiger partial charge >= 0.3 is 12.1 Å². The second-order valence-electron chi connectivity index (χ2n) is 4.81. The fourth-order valence-electron chi connectivity index (χ4n) is 2.38. The van der Waals surface area contributed by atoms with E-state index in [2.05, 4.69) is 0 Å². The van der Waals surface area contributed by atoms with Crippen molar-refractivity contribution in [2.45, 2.75) is 25.4 Å². The molecule has 0 saturated carbocycles. The summed E-state index contributed by atoms with van der Waals surface area (Å²) < 4.78 is 41.5. The summed E-state index contributed by atoms with van der Waals surface area (Å²) in [5, 5.41) is 1.86. The van der Waals surface area contributed by atoms with Gasteiger partial charge in [-0.25, -0.2) is 0 Å². The number of hydrogen-bond donors (Lipinski definition) is 1. The number of rotatable bonds is 3. The van der Waals surface area contributed by atoms with Crippen LogP contribution in [0.1, 0.15) is 24.0 Å². The summed E-state index contributed by atoms with van der Waals surface area (Å²) in [5.41, 5.74) is 3.08. The second kappa shape index (κ2) is 6.20. The molecule has 21 heavy (non-hydrogen) atoms. The molecule has 1 N–H and O–H groups in total. The van der Waals surface area contributed by atoms with Gasteiger partial charge in [0.1, 0.15) is 5.75 Å². The molecule has 1 aromatic carbocycles. The summed E-state index contributed by atoms with van der Waals surface area (Å²) in [4.78, 5) is 10.8. The number of ether oxygens (including phenoxy) is 1. The lowest BCUT2D eigenvalue weighted by Gasteiger charge is -2.20. The molecule has 1 aromatic rings. The van der Waals surface area contributed by atoms with E-state index in [1.165, 1.54) is 0 Å². The average molecular weight is 299 g/mol. The van der Waals surface area contributed by atoms with Crippen molar-refractivity contribution in [2.75, 3.05) is 13.7 Å². The normalized spacial score (nSPS) is 16.5. The monoisotopic (exact) mass is 299 g/mol. The van der Waals surface area contributed by atoms with Gasteiger partial charge in [-0.15, -0.1) is 0 Å². The molecule has 0 atom stereocenters. The Balaban J connectivity index is 2.12. The number of halogens is 3. The number of hydrogen-bond acceptors (Lipinski definition) is 2. The first-order valence-electron chi connectivity index (χ1n) is 6.63. The van der Waals surface area contributed by atoms with Crippen LogP contribution < -0.4 is 10.1 Å². The summed E-state index contributed by atoms with van der Waals surface area (Å²) >= 11 is 0. The maximum Gasteiger partial charge on any atom is 0.471 e. The molecule has 0 saturated heterocycles. The molecule has 0 unspecified atom stereocenters. The highest BCUT2D eigenvalue weighted by molar-refractivity contribution is 5.82. The third-order valence-corrected chi connectivity index (χ3v) is 3.42. The molecule has 1 amide bonds. The van der Waals surface area contributed by atoms with Gasteiger partial charge in [0.05, 0.1) is 7.11 Å². The van der Waals surface area contributed by atoms with Gasteiger partial charge in [-0.2, -0.15) is 13.2 Å². The van der Waals surface area contributed by atoms with E-state index in [1.54, 1.807) is 13.2 Å². The number of benzene rings is 1. The number of aryl methyl sites for hydroxylation is 1. The molecule has 3 nitrogen and oxygen atoms in total. The Bertz CT molecular complexity index is 565. The van der Waals surface area contributed by atoms with Crippen molar-refractivity contribution >= 4 is 11.5 Å². The number of carbonyl (C=O) groups is 1. The van der Waals surface area contributed by atoms with E-state index in [-0.39, 0.29) is 6.54 Å². The van der Waals surface area contributed by atoms with E-state index in [9.17, 15) is 18.0 Å². The Hall–Kier alpha value is -1.98. The number of allylic oxidation sites excluding steroid dienone is 1. The lowest BCUT2D eigenvalue weighted by molar-refractivity contribution is -0.173. The summed E-state index contributed by atoms with van der Waals surface area (Å²) in [6, 6.07) is 5.72. The number of fused-ring (bicyclic) bond motifs is 1. The number of methoxy groups -OCH3 is 1. The molecule has 0 spiro atoms. The lowest BCUT2D eigenvalue weighted by Crippen LogP contribution is -2.36.